The number of aryl methyl sites for hydroxylation is 4. The summed E-state index contributed by atoms with van der Waals surface area (Å²) in [7, 11) is 3.63. The van der Waals surface area contributed by atoms with Gasteiger partial charge in [-0.2, -0.15) is 0 Å². The molecule has 0 aliphatic carbocycles. The maximum absolute atomic E-state index is 12.9. The van der Waals surface area contributed by atoms with Gasteiger partial charge in [0, 0.05) is 22.7 Å². The highest BCUT2D eigenvalue weighted by Crippen LogP contribution is 2.47. The molecule has 1 atom stereocenters. The first-order valence-electron chi connectivity index (χ1n) is 13.8. The first-order valence-corrected chi connectivity index (χ1v) is 15.0. The summed E-state index contributed by atoms with van der Waals surface area (Å²) < 4.78 is 12.0. The molecule has 0 heterocycles. The number of methoxy groups -OCH3 is 2. The second kappa shape index (κ2) is 12.0. The van der Waals surface area contributed by atoms with Crippen LogP contribution < -0.4 is 14.8 Å². The van der Waals surface area contributed by atoms with Gasteiger partial charge in [-0.1, -0.05) is 83.9 Å². The molecule has 0 spiro atoms. The van der Waals surface area contributed by atoms with Crippen molar-refractivity contribution in [1.82, 2.24) is 0 Å². The third kappa shape index (κ3) is 5.72. The summed E-state index contributed by atoms with van der Waals surface area (Å²) in [5.74, 6) is 1.75. The van der Waals surface area contributed by atoms with Gasteiger partial charge in [0.05, 0.1) is 19.5 Å². The summed E-state index contributed by atoms with van der Waals surface area (Å²) in [4.78, 5) is 12.9. The zero-order chi connectivity index (χ0) is 29.2. The number of ether oxygens (including phenoxy) is 2. The number of hydrogen-bond donors (Lipinski definition) is 0. The number of ketones is 1. The smallest absolute Gasteiger partial charge is 0.142 e. The van der Waals surface area contributed by atoms with E-state index >= 15 is 0 Å². The van der Waals surface area contributed by atoms with Crippen LogP contribution in [0.1, 0.15) is 43.0 Å². The average Bonchev–Trinajstić information content (AvgIpc) is 2.90. The molecule has 208 valence electrons. The molecule has 0 radical (unpaired) electrons. The molecule has 40 heavy (non-hydrogen) atoms. The maximum Gasteiger partial charge on any atom is 0.142 e. The molecule has 0 aliphatic rings. The minimum Gasteiger partial charge on any atom is -0.496 e. The molecule has 0 aliphatic heterocycles. The molecule has 3 nitrogen and oxygen atoms in total. The lowest BCUT2D eigenvalue weighted by atomic mass is 9.82. The van der Waals surface area contributed by atoms with Gasteiger partial charge in [0.15, 0.2) is 0 Å². The Hall–Kier alpha value is -3.42. The van der Waals surface area contributed by atoms with Crippen molar-refractivity contribution in [3.05, 3.63) is 89.0 Å². The lowest BCUT2D eigenvalue weighted by Crippen LogP contribution is -2.23. The molecule has 4 aromatic rings. The Balaban J connectivity index is 2.09. The molecule has 4 rings (SSSR count). The quantitative estimate of drug-likeness (QED) is 0.205. The summed E-state index contributed by atoms with van der Waals surface area (Å²) in [5, 5.41) is 0.948. The van der Waals surface area contributed by atoms with Crippen molar-refractivity contribution in [1.29, 1.82) is 0 Å². The van der Waals surface area contributed by atoms with E-state index < -0.39 is 5.41 Å². The first kappa shape index (κ1) is 29.6. The van der Waals surface area contributed by atoms with Gasteiger partial charge >= 0.3 is 0 Å². The van der Waals surface area contributed by atoms with E-state index in [1.807, 2.05) is 26.8 Å². The molecule has 0 N–H and O–H groups in total. The summed E-state index contributed by atoms with van der Waals surface area (Å²) in [6.07, 6.45) is 0.446. The van der Waals surface area contributed by atoms with Crippen molar-refractivity contribution in [2.24, 2.45) is 5.41 Å². The second-order valence-corrected chi connectivity index (χ2v) is 12.7. The molecule has 0 saturated heterocycles. The van der Waals surface area contributed by atoms with E-state index in [1.54, 1.807) is 14.2 Å². The average molecular weight is 553 g/mol. The van der Waals surface area contributed by atoms with Gasteiger partial charge in [-0.15, -0.1) is 0 Å². The lowest BCUT2D eigenvalue weighted by Gasteiger charge is -2.24. The zero-order valence-electron chi connectivity index (χ0n) is 25.3. The lowest BCUT2D eigenvalue weighted by molar-refractivity contribution is -0.123. The highest BCUT2D eigenvalue weighted by molar-refractivity contribution is 7.48. The fraction of sp³-hybridized carbons (Fsp3) is 0.306. The van der Waals surface area contributed by atoms with Crippen LogP contribution in [0.5, 0.6) is 11.5 Å². The Morgan fingerprint density at radius 3 is 1.55 bits per heavy atom. The van der Waals surface area contributed by atoms with E-state index in [0.717, 1.165) is 27.9 Å². The molecule has 1 unspecified atom stereocenters. The molecular weight excluding hydrogens is 511 g/mol. The van der Waals surface area contributed by atoms with Gasteiger partial charge < -0.3 is 9.47 Å². The van der Waals surface area contributed by atoms with E-state index in [-0.39, 0.29) is 14.4 Å². The van der Waals surface area contributed by atoms with Crippen molar-refractivity contribution in [2.45, 2.75) is 48.5 Å². The third-order valence-electron chi connectivity index (χ3n) is 7.64. The predicted octanol–water partition coefficient (Wildman–Crippen LogP) is 8.86. The van der Waals surface area contributed by atoms with Crippen molar-refractivity contribution < 1.29 is 14.3 Å². The van der Waals surface area contributed by atoms with Gasteiger partial charge in [-0.05, 0) is 84.3 Å². The van der Waals surface area contributed by atoms with Crippen LogP contribution >= 0.6 is 8.58 Å². The van der Waals surface area contributed by atoms with Gasteiger partial charge in [0.1, 0.15) is 17.3 Å². The topological polar surface area (TPSA) is 35.5 Å². The van der Waals surface area contributed by atoms with Crippen molar-refractivity contribution in [3.63, 3.8) is 0 Å². The van der Waals surface area contributed by atoms with E-state index in [2.05, 4.69) is 88.4 Å². The molecule has 4 heteroatoms. The van der Waals surface area contributed by atoms with Crippen LogP contribution in [-0.4, -0.2) is 26.2 Å². The van der Waals surface area contributed by atoms with E-state index in [0.29, 0.717) is 6.16 Å². The standard InChI is InChI=1S/C36H41O3P/c1-22-13-10-14-23(2)31(22)26-17-12-18-27(32-24(3)15-11-16-25(32)4)33(26)28-19-20-29(38-8)35(34(28)39-9)40-21-30(37)36(5,6)7/h10-20,40H,21H2,1-9H3. The first-order chi connectivity index (χ1) is 19.0. The van der Waals surface area contributed by atoms with Crippen molar-refractivity contribution in [3.8, 4) is 44.9 Å². The Bertz CT molecular complexity index is 1450. The molecule has 4 aromatic carbocycles. The van der Waals surface area contributed by atoms with E-state index in [9.17, 15) is 4.79 Å². The molecular formula is C36H41O3P. The van der Waals surface area contributed by atoms with Crippen molar-refractivity contribution >= 4 is 19.7 Å². The highest BCUT2D eigenvalue weighted by atomic mass is 31.1. The normalized spacial score (nSPS) is 11.7. The summed E-state index contributed by atoms with van der Waals surface area (Å²) >= 11 is 0. The van der Waals surface area contributed by atoms with E-state index in [4.69, 9.17) is 9.47 Å². The SMILES string of the molecule is COc1ccc(-c2c(-c3c(C)cccc3C)cccc2-c2c(C)cccc2C)c(OC)c1PCC(=O)C(C)(C)C. The Labute approximate surface area is 241 Å². The zero-order valence-corrected chi connectivity index (χ0v) is 26.3. The minimum absolute atomic E-state index is 0.229. The van der Waals surface area contributed by atoms with Gasteiger partial charge in [0.25, 0.3) is 0 Å². The van der Waals surface area contributed by atoms with Crippen LogP contribution in [0.15, 0.2) is 66.7 Å². The molecule has 0 amide bonds. The predicted molar refractivity (Wildman–Crippen MR) is 172 cm³/mol. The summed E-state index contributed by atoms with van der Waals surface area (Å²) in [6, 6.07) is 23.7. The van der Waals surface area contributed by atoms with Crippen LogP contribution in [0.25, 0.3) is 33.4 Å². The Morgan fingerprint density at radius 2 is 1.12 bits per heavy atom. The van der Waals surface area contributed by atoms with E-state index in [1.165, 1.54) is 44.5 Å². The van der Waals surface area contributed by atoms with Gasteiger partial charge in [0.2, 0.25) is 0 Å². The number of benzene rings is 4. The summed E-state index contributed by atoms with van der Waals surface area (Å²) in [6.45, 7) is 14.6. The van der Waals surface area contributed by atoms with Crippen LogP contribution in [-0.2, 0) is 4.79 Å². The largest absolute Gasteiger partial charge is 0.496 e. The number of rotatable bonds is 8. The van der Waals surface area contributed by atoms with Crippen LogP contribution in [0.2, 0.25) is 0 Å². The number of carbonyl (C=O) groups excluding carboxylic acids is 1. The molecule has 0 aromatic heterocycles. The van der Waals surface area contributed by atoms with Gasteiger partial charge in [-0.25, -0.2) is 0 Å². The number of carbonyl (C=O) groups is 1. The fourth-order valence-electron chi connectivity index (χ4n) is 5.48. The maximum atomic E-state index is 12.9. The van der Waals surface area contributed by atoms with Crippen LogP contribution in [0.3, 0.4) is 0 Å². The minimum atomic E-state index is -0.393. The number of Topliss-reactive ketones (excluding diaryl/α,β-unsaturated/α-hetero) is 1. The third-order valence-corrected chi connectivity index (χ3v) is 8.97. The molecule has 0 saturated carbocycles. The molecule has 0 fully saturated rings. The monoisotopic (exact) mass is 552 g/mol. The fourth-order valence-corrected chi connectivity index (χ4v) is 7.11. The Morgan fingerprint density at radius 1 is 0.650 bits per heavy atom. The van der Waals surface area contributed by atoms with Crippen LogP contribution in [0, 0.1) is 33.1 Å². The highest BCUT2D eigenvalue weighted by Gasteiger charge is 2.26. The second-order valence-electron chi connectivity index (χ2n) is 11.5. The van der Waals surface area contributed by atoms with Crippen molar-refractivity contribution in [2.75, 3.05) is 20.4 Å². The van der Waals surface area contributed by atoms with Gasteiger partial charge in [-0.3, -0.25) is 4.79 Å². The Kier molecular flexibility index (Phi) is 8.86. The molecule has 0 bridgehead atoms. The van der Waals surface area contributed by atoms with Crippen LogP contribution in [0.4, 0.5) is 0 Å². The summed E-state index contributed by atoms with van der Waals surface area (Å²) in [5.41, 5.74) is 11.4. The number of hydrogen-bond acceptors (Lipinski definition) is 3.